The summed E-state index contributed by atoms with van der Waals surface area (Å²) in [7, 11) is 0. The molecule has 2 heteroatoms. The standard InChI is InChI=1S/C20H33NO/c1-19(2,3)16-12-15(14-21-10-8-7-9-11-21)18(22)17(13-16)20(4,5)6/h12-13,22H,7-11,14H2,1-6H3/p+1. The summed E-state index contributed by atoms with van der Waals surface area (Å²) in [6.45, 7) is 16.8. The van der Waals surface area contributed by atoms with E-state index in [2.05, 4.69) is 53.7 Å². The number of benzene rings is 1. The van der Waals surface area contributed by atoms with E-state index >= 15 is 0 Å². The molecule has 0 aromatic heterocycles. The maximum Gasteiger partial charge on any atom is 0.128 e. The van der Waals surface area contributed by atoms with Gasteiger partial charge in [-0.15, -0.1) is 0 Å². The van der Waals surface area contributed by atoms with Gasteiger partial charge in [-0.25, -0.2) is 0 Å². The third-order valence-electron chi connectivity index (χ3n) is 4.86. The van der Waals surface area contributed by atoms with E-state index in [4.69, 9.17) is 0 Å². The van der Waals surface area contributed by atoms with Crippen molar-refractivity contribution < 1.29 is 10.0 Å². The molecule has 0 amide bonds. The lowest BCUT2D eigenvalue weighted by Gasteiger charge is -2.29. The third kappa shape index (κ3) is 4.04. The van der Waals surface area contributed by atoms with Crippen LogP contribution in [0.15, 0.2) is 12.1 Å². The maximum atomic E-state index is 10.8. The Kier molecular flexibility index (Phi) is 4.91. The Morgan fingerprint density at radius 3 is 2.00 bits per heavy atom. The molecule has 1 aromatic carbocycles. The van der Waals surface area contributed by atoms with Crippen LogP contribution in [0.4, 0.5) is 0 Å². The molecule has 1 heterocycles. The second-order valence-corrected chi connectivity index (χ2v) is 9.02. The van der Waals surface area contributed by atoms with Crippen molar-refractivity contribution in [3.8, 4) is 5.75 Å². The number of likely N-dealkylation sites (tertiary alicyclic amines) is 1. The molecule has 2 N–H and O–H groups in total. The molecule has 124 valence electrons. The first-order chi connectivity index (χ1) is 10.1. The lowest BCUT2D eigenvalue weighted by Crippen LogP contribution is -3.11. The Morgan fingerprint density at radius 2 is 1.50 bits per heavy atom. The molecule has 1 fully saturated rings. The quantitative estimate of drug-likeness (QED) is 0.858. The van der Waals surface area contributed by atoms with E-state index in [9.17, 15) is 5.11 Å². The maximum absolute atomic E-state index is 10.8. The van der Waals surface area contributed by atoms with Gasteiger partial charge in [0.15, 0.2) is 0 Å². The molecule has 0 bridgehead atoms. The van der Waals surface area contributed by atoms with Crippen molar-refractivity contribution in [2.24, 2.45) is 0 Å². The number of aromatic hydroxyl groups is 1. The van der Waals surface area contributed by atoms with Gasteiger partial charge in [0.05, 0.1) is 13.1 Å². The van der Waals surface area contributed by atoms with E-state index < -0.39 is 0 Å². The van der Waals surface area contributed by atoms with E-state index in [0.717, 1.165) is 17.7 Å². The number of phenols is 1. The van der Waals surface area contributed by atoms with Gasteiger partial charge in [0.1, 0.15) is 12.3 Å². The molecule has 1 saturated heterocycles. The summed E-state index contributed by atoms with van der Waals surface area (Å²) < 4.78 is 0. The summed E-state index contributed by atoms with van der Waals surface area (Å²) >= 11 is 0. The van der Waals surface area contributed by atoms with Crippen molar-refractivity contribution in [2.75, 3.05) is 13.1 Å². The van der Waals surface area contributed by atoms with E-state index in [0.29, 0.717) is 5.75 Å². The van der Waals surface area contributed by atoms with Crippen molar-refractivity contribution in [3.63, 3.8) is 0 Å². The summed E-state index contributed by atoms with van der Waals surface area (Å²) in [5.74, 6) is 0.526. The monoisotopic (exact) mass is 304 g/mol. The number of nitrogens with one attached hydrogen (secondary N) is 1. The Bertz CT molecular complexity index is 514. The zero-order chi connectivity index (χ0) is 16.5. The lowest BCUT2D eigenvalue weighted by molar-refractivity contribution is -0.918. The highest BCUT2D eigenvalue weighted by molar-refractivity contribution is 5.48. The van der Waals surface area contributed by atoms with E-state index in [1.807, 2.05) is 0 Å². The second-order valence-electron chi connectivity index (χ2n) is 9.02. The van der Waals surface area contributed by atoms with Crippen molar-refractivity contribution in [2.45, 2.75) is 78.2 Å². The van der Waals surface area contributed by atoms with Crippen LogP contribution in [0.2, 0.25) is 0 Å². The number of hydrogen-bond donors (Lipinski definition) is 2. The summed E-state index contributed by atoms with van der Waals surface area (Å²) in [5, 5.41) is 10.8. The van der Waals surface area contributed by atoms with E-state index in [-0.39, 0.29) is 10.8 Å². The number of quaternary nitrogens is 1. The highest BCUT2D eigenvalue weighted by Crippen LogP contribution is 2.37. The fraction of sp³-hybridized carbons (Fsp3) is 0.700. The van der Waals surface area contributed by atoms with Crippen LogP contribution in [-0.2, 0) is 17.4 Å². The van der Waals surface area contributed by atoms with Crippen LogP contribution in [0.25, 0.3) is 0 Å². The molecular formula is C20H34NO+. The Labute approximate surface area is 136 Å². The molecule has 1 aromatic rings. The molecule has 0 aliphatic carbocycles. The number of phenolic OH excluding ortho intramolecular Hbond substituents is 1. The predicted octanol–water partition coefficient (Wildman–Crippen LogP) is 3.56. The molecule has 0 atom stereocenters. The molecular weight excluding hydrogens is 270 g/mol. The van der Waals surface area contributed by atoms with E-state index in [1.165, 1.54) is 37.9 Å². The van der Waals surface area contributed by atoms with Crippen molar-refractivity contribution >= 4 is 0 Å². The fourth-order valence-corrected chi connectivity index (χ4v) is 3.33. The fourth-order valence-electron chi connectivity index (χ4n) is 3.33. The van der Waals surface area contributed by atoms with Gasteiger partial charge >= 0.3 is 0 Å². The van der Waals surface area contributed by atoms with Gasteiger partial charge in [0.25, 0.3) is 0 Å². The molecule has 0 saturated carbocycles. The van der Waals surface area contributed by atoms with Crippen LogP contribution in [0, 0.1) is 0 Å². The average Bonchev–Trinajstić information content (AvgIpc) is 2.39. The van der Waals surface area contributed by atoms with Gasteiger partial charge in [0, 0.05) is 11.1 Å². The smallest absolute Gasteiger partial charge is 0.128 e. The minimum absolute atomic E-state index is 0.0304. The first-order valence-electron chi connectivity index (χ1n) is 8.79. The van der Waals surface area contributed by atoms with Gasteiger partial charge in [-0.05, 0) is 41.7 Å². The zero-order valence-corrected chi connectivity index (χ0v) is 15.3. The Hall–Kier alpha value is -1.02. The van der Waals surface area contributed by atoms with Crippen LogP contribution in [0.1, 0.15) is 77.5 Å². The molecule has 0 radical (unpaired) electrons. The lowest BCUT2D eigenvalue weighted by atomic mass is 9.79. The highest BCUT2D eigenvalue weighted by Gasteiger charge is 2.26. The van der Waals surface area contributed by atoms with Crippen LogP contribution >= 0.6 is 0 Å². The predicted molar refractivity (Wildman–Crippen MR) is 93.8 cm³/mol. The molecule has 2 nitrogen and oxygen atoms in total. The highest BCUT2D eigenvalue weighted by atomic mass is 16.3. The molecule has 2 rings (SSSR count). The van der Waals surface area contributed by atoms with Gasteiger partial charge in [0.2, 0.25) is 0 Å². The normalized spacial score (nSPS) is 17.7. The van der Waals surface area contributed by atoms with Gasteiger partial charge in [-0.2, -0.15) is 0 Å². The first-order valence-corrected chi connectivity index (χ1v) is 8.79. The zero-order valence-electron chi connectivity index (χ0n) is 15.3. The Balaban J connectivity index is 2.42. The van der Waals surface area contributed by atoms with Crippen molar-refractivity contribution in [3.05, 3.63) is 28.8 Å². The third-order valence-corrected chi connectivity index (χ3v) is 4.86. The number of rotatable bonds is 2. The van der Waals surface area contributed by atoms with Crippen LogP contribution < -0.4 is 4.90 Å². The van der Waals surface area contributed by atoms with Gasteiger partial charge in [-0.1, -0.05) is 47.6 Å². The summed E-state index contributed by atoms with van der Waals surface area (Å²) in [5.41, 5.74) is 3.64. The van der Waals surface area contributed by atoms with Crippen molar-refractivity contribution in [1.82, 2.24) is 0 Å². The minimum Gasteiger partial charge on any atom is -0.507 e. The molecule has 1 aliphatic heterocycles. The molecule has 1 aliphatic rings. The number of hydrogen-bond acceptors (Lipinski definition) is 1. The van der Waals surface area contributed by atoms with Gasteiger partial charge < -0.3 is 10.0 Å². The second kappa shape index (κ2) is 6.23. The van der Waals surface area contributed by atoms with Crippen LogP contribution in [0.5, 0.6) is 5.75 Å². The number of piperidine rings is 1. The molecule has 22 heavy (non-hydrogen) atoms. The summed E-state index contributed by atoms with van der Waals surface area (Å²) in [4.78, 5) is 1.62. The van der Waals surface area contributed by atoms with Crippen LogP contribution in [-0.4, -0.2) is 18.2 Å². The summed E-state index contributed by atoms with van der Waals surface area (Å²) in [6, 6.07) is 4.45. The average molecular weight is 304 g/mol. The molecule has 0 unspecified atom stereocenters. The van der Waals surface area contributed by atoms with Gasteiger partial charge in [-0.3, -0.25) is 0 Å². The molecule has 0 spiro atoms. The van der Waals surface area contributed by atoms with E-state index in [1.54, 1.807) is 4.90 Å². The Morgan fingerprint density at radius 1 is 0.909 bits per heavy atom. The first kappa shape index (κ1) is 17.3. The summed E-state index contributed by atoms with van der Waals surface area (Å²) in [6.07, 6.45) is 4.01. The topological polar surface area (TPSA) is 24.7 Å². The van der Waals surface area contributed by atoms with Crippen molar-refractivity contribution in [1.29, 1.82) is 0 Å². The minimum atomic E-state index is -0.0304. The SMILES string of the molecule is CC(C)(C)c1cc(C[NH+]2CCCCC2)c(O)c(C(C)(C)C)c1. The van der Waals surface area contributed by atoms with Crippen LogP contribution in [0.3, 0.4) is 0 Å². The largest absolute Gasteiger partial charge is 0.507 e.